The average molecular weight is 210 g/mol. The fourth-order valence-corrected chi connectivity index (χ4v) is 1.87. The molecular weight excluding hydrogens is 192 g/mol. The number of nitriles is 1. The van der Waals surface area contributed by atoms with Crippen LogP contribution in [-0.2, 0) is 9.53 Å². The van der Waals surface area contributed by atoms with Crippen molar-refractivity contribution in [3.05, 3.63) is 0 Å². The molecule has 0 aromatic carbocycles. The molecule has 1 saturated heterocycles. The van der Waals surface area contributed by atoms with Crippen molar-refractivity contribution in [2.45, 2.75) is 20.3 Å². The van der Waals surface area contributed by atoms with Crippen LogP contribution in [0, 0.1) is 22.7 Å². The predicted octanol–water partition coefficient (Wildman–Crippen LogP) is 1.03. The van der Waals surface area contributed by atoms with Crippen molar-refractivity contribution in [1.82, 2.24) is 4.90 Å². The van der Waals surface area contributed by atoms with Crippen LogP contribution in [0.2, 0.25) is 0 Å². The number of nitrogens with zero attached hydrogens (tertiary/aromatic N) is 2. The molecule has 0 bridgehead atoms. The van der Waals surface area contributed by atoms with Gasteiger partial charge in [0.1, 0.15) is 5.92 Å². The smallest absolute Gasteiger partial charge is 0.239 e. The first-order chi connectivity index (χ1) is 7.02. The highest BCUT2D eigenvalue weighted by atomic mass is 16.5. The Morgan fingerprint density at radius 1 is 1.67 bits per heavy atom. The standard InChI is InChI=1S/C11H18N2O2/c1-9(6-12)10(14)13-7-11(2,8-13)4-5-15-3/h9H,4-5,7-8H2,1-3H3. The van der Waals surface area contributed by atoms with E-state index in [0.717, 1.165) is 26.1 Å². The van der Waals surface area contributed by atoms with Gasteiger partial charge in [0, 0.05) is 32.2 Å². The van der Waals surface area contributed by atoms with Crippen LogP contribution >= 0.6 is 0 Å². The highest BCUT2D eigenvalue weighted by molar-refractivity contribution is 5.81. The van der Waals surface area contributed by atoms with Crippen LogP contribution in [0.4, 0.5) is 0 Å². The Bertz CT molecular complexity index is 277. The van der Waals surface area contributed by atoms with E-state index in [1.807, 2.05) is 6.07 Å². The summed E-state index contributed by atoms with van der Waals surface area (Å²) in [4.78, 5) is 13.3. The van der Waals surface area contributed by atoms with Gasteiger partial charge in [-0.05, 0) is 13.3 Å². The Kier molecular flexibility index (Phi) is 3.70. The molecule has 84 valence electrons. The zero-order valence-electron chi connectivity index (χ0n) is 9.62. The van der Waals surface area contributed by atoms with Crippen LogP contribution in [-0.4, -0.2) is 37.6 Å². The van der Waals surface area contributed by atoms with E-state index in [1.54, 1.807) is 18.9 Å². The van der Waals surface area contributed by atoms with E-state index in [0.29, 0.717) is 0 Å². The van der Waals surface area contributed by atoms with E-state index in [-0.39, 0.29) is 11.3 Å². The summed E-state index contributed by atoms with van der Waals surface area (Å²) in [6.45, 7) is 6.02. The van der Waals surface area contributed by atoms with Crippen molar-refractivity contribution in [2.24, 2.45) is 11.3 Å². The van der Waals surface area contributed by atoms with Gasteiger partial charge in [0.15, 0.2) is 0 Å². The number of carbonyl (C=O) groups is 1. The predicted molar refractivity (Wildman–Crippen MR) is 56.0 cm³/mol. The Labute approximate surface area is 90.8 Å². The summed E-state index contributed by atoms with van der Waals surface area (Å²) in [6, 6.07) is 1.97. The Balaban J connectivity index is 2.36. The monoisotopic (exact) mass is 210 g/mol. The highest BCUT2D eigenvalue weighted by Gasteiger charge is 2.41. The van der Waals surface area contributed by atoms with Crippen LogP contribution in [0.1, 0.15) is 20.3 Å². The number of likely N-dealkylation sites (tertiary alicyclic amines) is 1. The number of methoxy groups -OCH3 is 1. The molecular formula is C11H18N2O2. The third-order valence-electron chi connectivity index (χ3n) is 2.93. The maximum Gasteiger partial charge on any atom is 0.239 e. The van der Waals surface area contributed by atoms with Gasteiger partial charge in [-0.1, -0.05) is 6.92 Å². The number of rotatable bonds is 4. The number of amides is 1. The quantitative estimate of drug-likeness (QED) is 0.696. The summed E-state index contributed by atoms with van der Waals surface area (Å²) in [5.41, 5.74) is 0.181. The molecule has 1 aliphatic rings. The molecule has 0 saturated carbocycles. The maximum absolute atomic E-state index is 11.6. The number of carbonyl (C=O) groups excluding carboxylic acids is 1. The molecule has 0 spiro atoms. The minimum Gasteiger partial charge on any atom is -0.385 e. The first-order valence-electron chi connectivity index (χ1n) is 5.20. The summed E-state index contributed by atoms with van der Waals surface area (Å²) in [6.07, 6.45) is 0.966. The lowest BCUT2D eigenvalue weighted by atomic mass is 9.78. The van der Waals surface area contributed by atoms with Gasteiger partial charge in [0.2, 0.25) is 5.91 Å². The van der Waals surface area contributed by atoms with E-state index in [9.17, 15) is 4.79 Å². The van der Waals surface area contributed by atoms with Crippen molar-refractivity contribution in [1.29, 1.82) is 5.26 Å². The summed E-state index contributed by atoms with van der Waals surface area (Å²) in [5, 5.41) is 8.63. The van der Waals surface area contributed by atoms with E-state index in [1.165, 1.54) is 0 Å². The molecule has 0 aromatic heterocycles. The second-order valence-corrected chi connectivity index (χ2v) is 4.60. The number of hydrogen-bond donors (Lipinski definition) is 0. The zero-order chi connectivity index (χ0) is 11.5. The molecule has 1 aliphatic heterocycles. The molecule has 1 atom stereocenters. The third-order valence-corrected chi connectivity index (χ3v) is 2.93. The van der Waals surface area contributed by atoms with E-state index >= 15 is 0 Å². The summed E-state index contributed by atoms with van der Waals surface area (Å²) in [5.74, 6) is -0.565. The fourth-order valence-electron chi connectivity index (χ4n) is 1.87. The van der Waals surface area contributed by atoms with E-state index in [4.69, 9.17) is 10.00 Å². The third kappa shape index (κ3) is 2.69. The van der Waals surface area contributed by atoms with Crippen LogP contribution < -0.4 is 0 Å². The van der Waals surface area contributed by atoms with Crippen molar-refractivity contribution < 1.29 is 9.53 Å². The highest BCUT2D eigenvalue weighted by Crippen LogP contribution is 2.34. The Morgan fingerprint density at radius 2 is 2.27 bits per heavy atom. The normalized spacial score (nSPS) is 20.3. The fraction of sp³-hybridized carbons (Fsp3) is 0.818. The molecule has 4 heteroatoms. The molecule has 1 rings (SSSR count). The van der Waals surface area contributed by atoms with Gasteiger partial charge in [0.25, 0.3) is 0 Å². The second-order valence-electron chi connectivity index (χ2n) is 4.60. The van der Waals surface area contributed by atoms with Crippen molar-refractivity contribution >= 4 is 5.91 Å². The SMILES string of the molecule is COCCC1(C)CN(C(=O)C(C)C#N)C1. The molecule has 15 heavy (non-hydrogen) atoms. The molecule has 1 heterocycles. The van der Waals surface area contributed by atoms with Crippen LogP contribution in [0.5, 0.6) is 0 Å². The first kappa shape index (κ1) is 12.0. The minimum absolute atomic E-state index is 0.0487. The number of hydrogen-bond acceptors (Lipinski definition) is 3. The van der Waals surface area contributed by atoms with Gasteiger partial charge >= 0.3 is 0 Å². The van der Waals surface area contributed by atoms with Crippen LogP contribution in [0.25, 0.3) is 0 Å². The van der Waals surface area contributed by atoms with Crippen LogP contribution in [0.3, 0.4) is 0 Å². The maximum atomic E-state index is 11.6. The average Bonchev–Trinajstić information content (AvgIpc) is 2.20. The van der Waals surface area contributed by atoms with E-state index in [2.05, 4.69) is 6.92 Å². The second kappa shape index (κ2) is 4.63. The van der Waals surface area contributed by atoms with Crippen molar-refractivity contribution in [3.8, 4) is 6.07 Å². The molecule has 0 aromatic rings. The summed E-state index contributed by atoms with van der Waals surface area (Å²) < 4.78 is 5.02. The summed E-state index contributed by atoms with van der Waals surface area (Å²) in [7, 11) is 1.68. The van der Waals surface area contributed by atoms with Gasteiger partial charge < -0.3 is 9.64 Å². The molecule has 1 unspecified atom stereocenters. The molecule has 0 radical (unpaired) electrons. The van der Waals surface area contributed by atoms with Gasteiger partial charge in [-0.2, -0.15) is 5.26 Å². The molecule has 1 fully saturated rings. The van der Waals surface area contributed by atoms with Crippen LogP contribution in [0.15, 0.2) is 0 Å². The zero-order valence-corrected chi connectivity index (χ0v) is 9.62. The van der Waals surface area contributed by atoms with Gasteiger partial charge in [-0.15, -0.1) is 0 Å². The van der Waals surface area contributed by atoms with Gasteiger partial charge in [-0.25, -0.2) is 0 Å². The Hall–Kier alpha value is -1.08. The lowest BCUT2D eigenvalue weighted by Crippen LogP contribution is -2.58. The molecule has 0 N–H and O–H groups in total. The number of ether oxygens (including phenoxy) is 1. The van der Waals surface area contributed by atoms with Gasteiger partial charge in [-0.3, -0.25) is 4.79 Å². The Morgan fingerprint density at radius 3 is 2.73 bits per heavy atom. The molecule has 0 aliphatic carbocycles. The van der Waals surface area contributed by atoms with Gasteiger partial charge in [0.05, 0.1) is 6.07 Å². The van der Waals surface area contributed by atoms with E-state index < -0.39 is 5.92 Å². The molecule has 4 nitrogen and oxygen atoms in total. The minimum atomic E-state index is -0.517. The van der Waals surface area contributed by atoms with Crippen molar-refractivity contribution in [2.75, 3.05) is 26.8 Å². The first-order valence-corrected chi connectivity index (χ1v) is 5.20. The lowest BCUT2D eigenvalue weighted by Gasteiger charge is -2.48. The van der Waals surface area contributed by atoms with Crippen molar-refractivity contribution in [3.63, 3.8) is 0 Å². The largest absolute Gasteiger partial charge is 0.385 e. The molecule has 1 amide bonds. The topological polar surface area (TPSA) is 53.3 Å². The summed E-state index contributed by atoms with van der Waals surface area (Å²) >= 11 is 0. The lowest BCUT2D eigenvalue weighted by molar-refractivity contribution is -0.145.